The molecule has 0 N–H and O–H groups in total. The number of benzene rings is 2. The summed E-state index contributed by atoms with van der Waals surface area (Å²) in [5.41, 5.74) is 1.42. The fourth-order valence-corrected chi connectivity index (χ4v) is 5.51. The summed E-state index contributed by atoms with van der Waals surface area (Å²) in [6.07, 6.45) is 5.66. The fraction of sp³-hybridized carbons (Fsp3) is 0.357. The van der Waals surface area contributed by atoms with Gasteiger partial charge >= 0.3 is 5.97 Å². The van der Waals surface area contributed by atoms with E-state index < -0.39 is 12.0 Å². The molecule has 1 unspecified atom stereocenters. The molecule has 4 rings (SSSR count). The number of likely N-dealkylation sites (tertiary alicyclic amines) is 1. The van der Waals surface area contributed by atoms with Crippen LogP contribution in [0.5, 0.6) is 5.75 Å². The lowest BCUT2D eigenvalue weighted by Gasteiger charge is -2.26. The standard InChI is InChI=1S/C28H30N2O5S2/c1-2-17-34-27(33)25(21-9-5-3-6-10-21)30-26(32)23(37-28(30)36)18-20-11-13-22(14-12-20)35-19-24(31)29-15-7-4-8-16-29/h3,5-6,9-14,18,25H,2,4,7-8,15-17,19H2,1H3/b23-18+. The van der Waals surface area contributed by atoms with Crippen molar-refractivity contribution in [2.45, 2.75) is 38.6 Å². The van der Waals surface area contributed by atoms with Gasteiger partial charge < -0.3 is 14.4 Å². The summed E-state index contributed by atoms with van der Waals surface area (Å²) < 4.78 is 11.4. The van der Waals surface area contributed by atoms with Crippen LogP contribution in [0.1, 0.15) is 49.8 Å². The quantitative estimate of drug-likeness (QED) is 0.253. The Morgan fingerprint density at radius 3 is 2.43 bits per heavy atom. The predicted molar refractivity (Wildman–Crippen MR) is 148 cm³/mol. The van der Waals surface area contributed by atoms with Crippen LogP contribution >= 0.6 is 24.0 Å². The molecular formula is C28H30N2O5S2. The van der Waals surface area contributed by atoms with Crippen molar-refractivity contribution in [2.75, 3.05) is 26.3 Å². The van der Waals surface area contributed by atoms with Crippen LogP contribution in [0.15, 0.2) is 59.5 Å². The third-order valence-corrected chi connectivity index (χ3v) is 7.45. The van der Waals surface area contributed by atoms with Gasteiger partial charge in [0.15, 0.2) is 12.6 Å². The summed E-state index contributed by atoms with van der Waals surface area (Å²) in [7, 11) is 0. The first kappa shape index (κ1) is 26.9. The zero-order valence-corrected chi connectivity index (χ0v) is 22.4. The zero-order chi connectivity index (χ0) is 26.2. The molecule has 0 radical (unpaired) electrons. The van der Waals surface area contributed by atoms with E-state index in [0.717, 1.165) is 43.3 Å². The van der Waals surface area contributed by atoms with Crippen LogP contribution < -0.4 is 4.74 Å². The van der Waals surface area contributed by atoms with Gasteiger partial charge in [0.2, 0.25) is 0 Å². The Morgan fingerprint density at radius 1 is 1.05 bits per heavy atom. The maximum Gasteiger partial charge on any atom is 0.333 e. The average molecular weight is 539 g/mol. The minimum Gasteiger partial charge on any atom is -0.484 e. The van der Waals surface area contributed by atoms with Crippen molar-refractivity contribution in [3.05, 3.63) is 70.6 Å². The molecule has 2 aliphatic heterocycles. The summed E-state index contributed by atoms with van der Waals surface area (Å²) in [5, 5.41) is 0. The van der Waals surface area contributed by atoms with E-state index in [2.05, 4.69) is 0 Å². The Bertz CT molecular complexity index is 1160. The minimum absolute atomic E-state index is 0.00196. The molecule has 37 heavy (non-hydrogen) atoms. The SMILES string of the molecule is CCCOC(=O)C(c1ccccc1)N1C(=O)/C(=C\c2ccc(OCC(=O)N3CCCCC3)cc2)SC1=S. The number of piperidine rings is 1. The summed E-state index contributed by atoms with van der Waals surface area (Å²) in [6.45, 7) is 3.77. The number of carbonyl (C=O) groups excluding carboxylic acids is 3. The van der Waals surface area contributed by atoms with Crippen molar-refractivity contribution in [2.24, 2.45) is 0 Å². The second-order valence-electron chi connectivity index (χ2n) is 8.83. The third kappa shape index (κ3) is 6.78. The molecule has 0 spiro atoms. The zero-order valence-electron chi connectivity index (χ0n) is 20.8. The van der Waals surface area contributed by atoms with Crippen molar-refractivity contribution in [3.63, 3.8) is 0 Å². The van der Waals surface area contributed by atoms with Gasteiger partial charge in [-0.05, 0) is 55.0 Å². The van der Waals surface area contributed by atoms with Crippen LogP contribution in [-0.4, -0.2) is 58.2 Å². The molecule has 0 saturated carbocycles. The first-order chi connectivity index (χ1) is 18.0. The smallest absolute Gasteiger partial charge is 0.333 e. The van der Waals surface area contributed by atoms with E-state index >= 15 is 0 Å². The topological polar surface area (TPSA) is 76.1 Å². The maximum absolute atomic E-state index is 13.4. The van der Waals surface area contributed by atoms with Crippen molar-refractivity contribution in [3.8, 4) is 5.75 Å². The van der Waals surface area contributed by atoms with Gasteiger partial charge in [0.1, 0.15) is 10.1 Å². The molecule has 2 aromatic rings. The predicted octanol–water partition coefficient (Wildman–Crippen LogP) is 4.97. The summed E-state index contributed by atoms with van der Waals surface area (Å²) in [6, 6.07) is 15.3. The number of rotatable bonds is 9. The third-order valence-electron chi connectivity index (χ3n) is 6.12. The Balaban J connectivity index is 1.44. The number of nitrogens with zero attached hydrogens (tertiary/aromatic N) is 2. The molecule has 194 valence electrons. The second kappa shape index (κ2) is 12.9. The Morgan fingerprint density at radius 2 is 1.76 bits per heavy atom. The molecular weight excluding hydrogens is 508 g/mol. The van der Waals surface area contributed by atoms with E-state index in [0.29, 0.717) is 27.0 Å². The number of hydrogen-bond acceptors (Lipinski definition) is 7. The number of esters is 1. The van der Waals surface area contributed by atoms with Gasteiger partial charge in [0.25, 0.3) is 11.8 Å². The summed E-state index contributed by atoms with van der Waals surface area (Å²) >= 11 is 6.67. The number of ether oxygens (including phenoxy) is 2. The molecule has 0 bridgehead atoms. The number of carbonyl (C=O) groups is 3. The Kier molecular flexibility index (Phi) is 9.35. The molecule has 9 heteroatoms. The van der Waals surface area contributed by atoms with E-state index in [9.17, 15) is 14.4 Å². The Hall–Kier alpha value is -3.17. The lowest BCUT2D eigenvalue weighted by Crippen LogP contribution is -2.38. The molecule has 2 amide bonds. The van der Waals surface area contributed by atoms with Crippen LogP contribution in [0.2, 0.25) is 0 Å². The maximum atomic E-state index is 13.4. The fourth-order valence-electron chi connectivity index (χ4n) is 4.20. The normalized spacial score (nSPS) is 17.7. The first-order valence-electron chi connectivity index (χ1n) is 12.5. The Labute approximate surface area is 226 Å². The van der Waals surface area contributed by atoms with Crippen LogP contribution in [-0.2, 0) is 19.1 Å². The largest absolute Gasteiger partial charge is 0.484 e. The van der Waals surface area contributed by atoms with Crippen LogP contribution in [0, 0.1) is 0 Å². The number of amides is 2. The number of hydrogen-bond donors (Lipinski definition) is 0. The first-order valence-corrected chi connectivity index (χ1v) is 13.7. The monoisotopic (exact) mass is 538 g/mol. The van der Waals surface area contributed by atoms with Crippen molar-refractivity contribution in [1.29, 1.82) is 0 Å². The number of thioether (sulfide) groups is 1. The van der Waals surface area contributed by atoms with Gasteiger partial charge in [-0.15, -0.1) is 0 Å². The van der Waals surface area contributed by atoms with Gasteiger partial charge in [-0.25, -0.2) is 4.79 Å². The van der Waals surface area contributed by atoms with Crippen LogP contribution in [0.25, 0.3) is 6.08 Å². The molecule has 0 aliphatic carbocycles. The van der Waals surface area contributed by atoms with Crippen LogP contribution in [0.4, 0.5) is 0 Å². The molecule has 0 aromatic heterocycles. The highest BCUT2D eigenvalue weighted by molar-refractivity contribution is 8.26. The molecule has 2 saturated heterocycles. The lowest BCUT2D eigenvalue weighted by molar-refractivity contribution is -0.151. The van der Waals surface area contributed by atoms with Gasteiger partial charge in [-0.3, -0.25) is 14.5 Å². The van der Waals surface area contributed by atoms with Gasteiger partial charge in [0, 0.05) is 13.1 Å². The van der Waals surface area contributed by atoms with E-state index in [1.165, 1.54) is 11.3 Å². The van der Waals surface area contributed by atoms with E-state index in [1.807, 2.05) is 42.2 Å². The molecule has 2 fully saturated rings. The van der Waals surface area contributed by atoms with Crippen LogP contribution in [0.3, 0.4) is 0 Å². The van der Waals surface area contributed by atoms with Crippen molar-refractivity contribution >= 4 is 52.2 Å². The highest BCUT2D eigenvalue weighted by Crippen LogP contribution is 2.39. The molecule has 1 atom stereocenters. The number of thiocarbonyl (C=S) groups is 1. The molecule has 2 aromatic carbocycles. The van der Waals surface area contributed by atoms with Gasteiger partial charge in [-0.2, -0.15) is 0 Å². The highest BCUT2D eigenvalue weighted by Gasteiger charge is 2.42. The van der Waals surface area contributed by atoms with E-state index in [4.69, 9.17) is 21.7 Å². The average Bonchev–Trinajstić information content (AvgIpc) is 3.20. The molecule has 2 heterocycles. The summed E-state index contributed by atoms with van der Waals surface area (Å²) in [4.78, 5) is 42.3. The highest BCUT2D eigenvalue weighted by atomic mass is 32.2. The minimum atomic E-state index is -0.945. The molecule has 2 aliphatic rings. The van der Waals surface area contributed by atoms with E-state index in [1.54, 1.807) is 30.3 Å². The summed E-state index contributed by atoms with van der Waals surface area (Å²) in [5.74, 6) is -0.272. The van der Waals surface area contributed by atoms with Crippen molar-refractivity contribution < 1.29 is 23.9 Å². The van der Waals surface area contributed by atoms with E-state index in [-0.39, 0.29) is 25.0 Å². The second-order valence-corrected chi connectivity index (χ2v) is 10.5. The van der Waals surface area contributed by atoms with Gasteiger partial charge in [-0.1, -0.05) is 73.4 Å². The molecule has 7 nitrogen and oxygen atoms in total. The lowest BCUT2D eigenvalue weighted by atomic mass is 10.1. The van der Waals surface area contributed by atoms with Gasteiger partial charge in [0.05, 0.1) is 11.5 Å². The van der Waals surface area contributed by atoms with Crippen molar-refractivity contribution in [1.82, 2.24) is 9.80 Å².